The molecule has 20 heavy (non-hydrogen) atoms. The van der Waals surface area contributed by atoms with E-state index in [1.54, 1.807) is 7.11 Å². The lowest BCUT2D eigenvalue weighted by Gasteiger charge is -2.19. The van der Waals surface area contributed by atoms with Crippen LogP contribution >= 0.6 is 0 Å². The Morgan fingerprint density at radius 2 is 2.15 bits per heavy atom. The van der Waals surface area contributed by atoms with Gasteiger partial charge in [-0.3, -0.25) is 0 Å². The number of ether oxygens (including phenoxy) is 1. The summed E-state index contributed by atoms with van der Waals surface area (Å²) in [5.74, 6) is 0.703. The van der Waals surface area contributed by atoms with E-state index in [1.807, 2.05) is 31.2 Å². The van der Waals surface area contributed by atoms with Crippen molar-refractivity contribution >= 4 is 10.2 Å². The molecule has 0 aliphatic heterocycles. The first-order valence-electron chi connectivity index (χ1n) is 6.48. The zero-order chi connectivity index (χ0) is 15.2. The fourth-order valence-corrected chi connectivity index (χ4v) is 2.54. The van der Waals surface area contributed by atoms with E-state index in [-0.39, 0.29) is 19.1 Å². The molecule has 0 saturated carbocycles. The standard InChI is InChI=1S/C13H23N3O3S/c1-4-12(14)9-15-20(17,18)16(2)10-11-6-5-7-13(8-11)19-3/h5-8,12,15H,4,9-10,14H2,1-3H3. The monoisotopic (exact) mass is 301 g/mol. The molecule has 1 rings (SSSR count). The minimum Gasteiger partial charge on any atom is -0.497 e. The van der Waals surface area contributed by atoms with Crippen molar-refractivity contribution in [1.29, 1.82) is 0 Å². The Balaban J connectivity index is 2.66. The molecule has 0 aliphatic carbocycles. The molecule has 0 bridgehead atoms. The molecule has 114 valence electrons. The molecule has 1 atom stereocenters. The average Bonchev–Trinajstić information content (AvgIpc) is 2.44. The van der Waals surface area contributed by atoms with E-state index in [1.165, 1.54) is 11.4 Å². The van der Waals surface area contributed by atoms with E-state index in [4.69, 9.17) is 10.5 Å². The summed E-state index contributed by atoms with van der Waals surface area (Å²) in [6, 6.07) is 7.14. The number of nitrogens with two attached hydrogens (primary N) is 1. The molecule has 6 nitrogen and oxygen atoms in total. The first kappa shape index (κ1) is 16.9. The Morgan fingerprint density at radius 1 is 1.45 bits per heavy atom. The van der Waals surface area contributed by atoms with Gasteiger partial charge in [-0.05, 0) is 24.1 Å². The predicted octanol–water partition coefficient (Wildman–Crippen LogP) is 0.699. The molecule has 0 radical (unpaired) electrons. The van der Waals surface area contributed by atoms with Crippen LogP contribution in [0.2, 0.25) is 0 Å². The molecule has 0 saturated heterocycles. The molecule has 7 heteroatoms. The lowest BCUT2D eigenvalue weighted by atomic mass is 10.2. The number of nitrogens with one attached hydrogen (secondary N) is 1. The molecular formula is C13H23N3O3S. The summed E-state index contributed by atoms with van der Waals surface area (Å²) in [6.45, 7) is 2.42. The van der Waals surface area contributed by atoms with Crippen molar-refractivity contribution in [3.8, 4) is 5.75 Å². The molecule has 1 aromatic carbocycles. The number of hydrogen-bond donors (Lipinski definition) is 2. The van der Waals surface area contributed by atoms with Crippen LogP contribution in [0.3, 0.4) is 0 Å². The van der Waals surface area contributed by atoms with Crippen LogP contribution in [0.25, 0.3) is 0 Å². The van der Waals surface area contributed by atoms with Gasteiger partial charge in [-0.2, -0.15) is 12.7 Å². The normalized spacial score (nSPS) is 13.4. The highest BCUT2D eigenvalue weighted by atomic mass is 32.2. The van der Waals surface area contributed by atoms with Crippen LogP contribution in [-0.2, 0) is 16.8 Å². The first-order chi connectivity index (χ1) is 9.39. The second-order valence-electron chi connectivity index (χ2n) is 4.63. The van der Waals surface area contributed by atoms with Crippen LogP contribution in [0.15, 0.2) is 24.3 Å². The second kappa shape index (κ2) is 7.58. The van der Waals surface area contributed by atoms with Gasteiger partial charge >= 0.3 is 0 Å². The van der Waals surface area contributed by atoms with Crippen molar-refractivity contribution in [2.24, 2.45) is 5.73 Å². The van der Waals surface area contributed by atoms with Crippen LogP contribution in [0, 0.1) is 0 Å². The van der Waals surface area contributed by atoms with Crippen molar-refractivity contribution in [1.82, 2.24) is 9.03 Å². The number of benzene rings is 1. The van der Waals surface area contributed by atoms with Gasteiger partial charge in [-0.1, -0.05) is 19.1 Å². The van der Waals surface area contributed by atoms with Gasteiger partial charge in [0.15, 0.2) is 0 Å². The van der Waals surface area contributed by atoms with Crippen LogP contribution in [0.1, 0.15) is 18.9 Å². The lowest BCUT2D eigenvalue weighted by Crippen LogP contribution is -2.43. The maximum atomic E-state index is 12.0. The highest BCUT2D eigenvalue weighted by Crippen LogP contribution is 2.14. The van der Waals surface area contributed by atoms with Crippen molar-refractivity contribution < 1.29 is 13.2 Å². The van der Waals surface area contributed by atoms with Gasteiger partial charge in [0.05, 0.1) is 7.11 Å². The second-order valence-corrected chi connectivity index (χ2v) is 6.49. The molecular weight excluding hydrogens is 278 g/mol. The van der Waals surface area contributed by atoms with E-state index >= 15 is 0 Å². The summed E-state index contributed by atoms with van der Waals surface area (Å²) in [5, 5.41) is 0. The summed E-state index contributed by atoms with van der Waals surface area (Å²) in [7, 11) is -0.417. The summed E-state index contributed by atoms with van der Waals surface area (Å²) in [6.07, 6.45) is 0.724. The minimum absolute atomic E-state index is 0.171. The predicted molar refractivity (Wildman–Crippen MR) is 79.6 cm³/mol. The Kier molecular flexibility index (Phi) is 6.41. The van der Waals surface area contributed by atoms with Crippen molar-refractivity contribution in [3.63, 3.8) is 0 Å². The number of rotatable bonds is 8. The Morgan fingerprint density at radius 3 is 2.75 bits per heavy atom. The first-order valence-corrected chi connectivity index (χ1v) is 7.92. The number of nitrogens with zero attached hydrogens (tertiary/aromatic N) is 1. The third kappa shape index (κ3) is 5.09. The van der Waals surface area contributed by atoms with Crippen molar-refractivity contribution in [2.75, 3.05) is 20.7 Å². The molecule has 0 aromatic heterocycles. The summed E-state index contributed by atoms with van der Waals surface area (Å²) >= 11 is 0. The molecule has 0 amide bonds. The third-order valence-corrected chi connectivity index (χ3v) is 4.48. The molecule has 0 fully saturated rings. The molecule has 0 spiro atoms. The van der Waals surface area contributed by atoms with Gasteiger partial charge in [0, 0.05) is 26.2 Å². The highest BCUT2D eigenvalue weighted by molar-refractivity contribution is 7.87. The summed E-state index contributed by atoms with van der Waals surface area (Å²) < 4.78 is 32.9. The van der Waals surface area contributed by atoms with Crippen LogP contribution in [0.5, 0.6) is 5.75 Å². The van der Waals surface area contributed by atoms with Crippen molar-refractivity contribution in [2.45, 2.75) is 25.9 Å². The largest absolute Gasteiger partial charge is 0.497 e. The van der Waals surface area contributed by atoms with Gasteiger partial charge in [-0.15, -0.1) is 0 Å². The summed E-state index contributed by atoms with van der Waals surface area (Å²) in [5.41, 5.74) is 6.57. The lowest BCUT2D eigenvalue weighted by molar-refractivity contribution is 0.412. The van der Waals surface area contributed by atoms with Crippen LogP contribution in [-0.4, -0.2) is 39.5 Å². The van der Waals surface area contributed by atoms with Gasteiger partial charge in [0.2, 0.25) is 0 Å². The Bertz CT molecular complexity index is 519. The minimum atomic E-state index is -3.52. The molecule has 3 N–H and O–H groups in total. The van der Waals surface area contributed by atoms with E-state index in [9.17, 15) is 8.42 Å². The van der Waals surface area contributed by atoms with Crippen LogP contribution in [0.4, 0.5) is 0 Å². The fourth-order valence-electron chi connectivity index (χ4n) is 1.58. The Hall–Kier alpha value is -1.15. The van der Waals surface area contributed by atoms with Gasteiger partial charge in [0.25, 0.3) is 10.2 Å². The van der Waals surface area contributed by atoms with E-state index in [0.29, 0.717) is 5.75 Å². The number of methoxy groups -OCH3 is 1. The van der Waals surface area contributed by atoms with Crippen LogP contribution < -0.4 is 15.2 Å². The number of hydrogen-bond acceptors (Lipinski definition) is 4. The fraction of sp³-hybridized carbons (Fsp3) is 0.538. The van der Waals surface area contributed by atoms with E-state index < -0.39 is 10.2 Å². The third-order valence-electron chi connectivity index (χ3n) is 3.00. The quantitative estimate of drug-likeness (QED) is 0.740. The maximum Gasteiger partial charge on any atom is 0.279 e. The smallest absolute Gasteiger partial charge is 0.279 e. The maximum absolute atomic E-state index is 12.0. The average molecular weight is 301 g/mol. The van der Waals surface area contributed by atoms with Gasteiger partial charge < -0.3 is 10.5 Å². The van der Waals surface area contributed by atoms with E-state index in [0.717, 1.165) is 12.0 Å². The molecule has 1 aromatic rings. The Labute approximate surface area is 121 Å². The molecule has 0 aliphatic rings. The zero-order valence-electron chi connectivity index (χ0n) is 12.2. The van der Waals surface area contributed by atoms with Gasteiger partial charge in [0.1, 0.15) is 5.75 Å². The van der Waals surface area contributed by atoms with Gasteiger partial charge in [-0.25, -0.2) is 4.72 Å². The zero-order valence-corrected chi connectivity index (χ0v) is 13.0. The van der Waals surface area contributed by atoms with E-state index in [2.05, 4.69) is 4.72 Å². The molecule has 0 heterocycles. The molecule has 1 unspecified atom stereocenters. The van der Waals surface area contributed by atoms with Crippen molar-refractivity contribution in [3.05, 3.63) is 29.8 Å². The SMILES string of the molecule is CCC(N)CNS(=O)(=O)N(C)Cc1cccc(OC)c1. The highest BCUT2D eigenvalue weighted by Gasteiger charge is 2.18. The summed E-state index contributed by atoms with van der Waals surface area (Å²) in [4.78, 5) is 0. The topological polar surface area (TPSA) is 84.7 Å².